The van der Waals surface area contributed by atoms with Crippen LogP contribution in [0.1, 0.15) is 0 Å². The van der Waals surface area contributed by atoms with Gasteiger partial charge >= 0.3 is 7.12 Å². The smallest absolute Gasteiger partial charge is 0.423 e. The number of hydrogen-bond donors (Lipinski definition) is 3. The predicted molar refractivity (Wildman–Crippen MR) is 51.6 cm³/mol. The lowest BCUT2D eigenvalue weighted by molar-refractivity contribution is 0.426. The van der Waals surface area contributed by atoms with Gasteiger partial charge in [-0.1, -0.05) is 24.3 Å². The van der Waals surface area contributed by atoms with Crippen molar-refractivity contribution in [1.29, 1.82) is 0 Å². The van der Waals surface area contributed by atoms with E-state index < -0.39 is 7.12 Å². The van der Waals surface area contributed by atoms with Crippen LogP contribution in [0, 0.1) is 0 Å². The van der Waals surface area contributed by atoms with Crippen LogP contribution in [-0.2, 0) is 0 Å². The number of nitrogens with zero attached hydrogens (tertiary/aromatic N) is 2. The Labute approximate surface area is 80.6 Å². The molecule has 0 aliphatic rings. The van der Waals surface area contributed by atoms with E-state index in [9.17, 15) is 0 Å². The average Bonchev–Trinajstić information content (AvgIpc) is 2.71. The predicted octanol–water partition coefficient (Wildman–Crippen LogP) is -0.849. The fraction of sp³-hybridized carbons (Fsp3) is 0. The topological polar surface area (TPSA) is 82.0 Å². The molecular weight excluding hydrogens is 181 g/mol. The van der Waals surface area contributed by atoms with E-state index in [1.165, 1.54) is 6.33 Å². The van der Waals surface area contributed by atoms with Crippen molar-refractivity contribution in [2.24, 2.45) is 0 Å². The van der Waals surface area contributed by atoms with E-state index >= 15 is 0 Å². The number of aromatic amines is 1. The summed E-state index contributed by atoms with van der Waals surface area (Å²) in [6.45, 7) is 0. The number of H-pyrrole nitrogens is 1. The molecule has 0 spiro atoms. The van der Waals surface area contributed by atoms with E-state index in [0.717, 1.165) is 5.56 Å². The fourth-order valence-electron chi connectivity index (χ4n) is 1.16. The molecule has 0 saturated heterocycles. The van der Waals surface area contributed by atoms with Crippen molar-refractivity contribution in [3.05, 3.63) is 30.6 Å². The van der Waals surface area contributed by atoms with Crippen LogP contribution in [0.2, 0.25) is 0 Å². The zero-order valence-electron chi connectivity index (χ0n) is 7.25. The second-order valence-corrected chi connectivity index (χ2v) is 2.83. The molecular formula is C8H8BN3O2. The zero-order chi connectivity index (χ0) is 9.97. The summed E-state index contributed by atoms with van der Waals surface area (Å²) in [5, 5.41) is 24.2. The first kappa shape index (κ1) is 8.92. The van der Waals surface area contributed by atoms with Crippen LogP contribution in [0.25, 0.3) is 11.4 Å². The van der Waals surface area contributed by atoms with Gasteiger partial charge in [0, 0.05) is 5.56 Å². The number of hydrogen-bond acceptors (Lipinski definition) is 4. The quantitative estimate of drug-likeness (QED) is 0.537. The number of nitrogens with one attached hydrogen (secondary N) is 1. The summed E-state index contributed by atoms with van der Waals surface area (Å²) in [5.74, 6) is 0.656. The normalized spacial score (nSPS) is 10.1. The minimum absolute atomic E-state index is 0.452. The fourth-order valence-corrected chi connectivity index (χ4v) is 1.16. The molecule has 6 heteroatoms. The van der Waals surface area contributed by atoms with Gasteiger partial charge in [-0.15, -0.1) is 0 Å². The lowest BCUT2D eigenvalue weighted by atomic mass is 9.80. The summed E-state index contributed by atoms with van der Waals surface area (Å²) in [7, 11) is -1.43. The van der Waals surface area contributed by atoms with Crippen LogP contribution in [-0.4, -0.2) is 32.3 Å². The molecule has 3 N–H and O–H groups in total. The van der Waals surface area contributed by atoms with Gasteiger partial charge in [-0.05, 0) is 5.46 Å². The van der Waals surface area contributed by atoms with Gasteiger partial charge in [0.15, 0.2) is 5.82 Å². The van der Waals surface area contributed by atoms with Gasteiger partial charge in [0.1, 0.15) is 6.33 Å². The molecule has 0 saturated carbocycles. The summed E-state index contributed by atoms with van der Waals surface area (Å²) in [5.41, 5.74) is 1.31. The van der Waals surface area contributed by atoms with Crippen LogP contribution in [0.4, 0.5) is 0 Å². The van der Waals surface area contributed by atoms with E-state index in [2.05, 4.69) is 15.2 Å². The van der Waals surface area contributed by atoms with Crippen molar-refractivity contribution >= 4 is 12.6 Å². The Morgan fingerprint density at radius 1 is 1.14 bits per heavy atom. The van der Waals surface area contributed by atoms with Gasteiger partial charge in [0.05, 0.1) is 0 Å². The van der Waals surface area contributed by atoms with Gasteiger partial charge < -0.3 is 10.0 Å². The first-order valence-electron chi connectivity index (χ1n) is 4.09. The molecule has 0 radical (unpaired) electrons. The number of rotatable bonds is 2. The molecule has 0 aliphatic carbocycles. The monoisotopic (exact) mass is 189 g/mol. The third-order valence-corrected chi connectivity index (χ3v) is 1.90. The maximum atomic E-state index is 8.86. The largest absolute Gasteiger partial charge is 0.488 e. The Kier molecular flexibility index (Phi) is 2.30. The summed E-state index contributed by atoms with van der Waals surface area (Å²) in [6, 6.07) is 6.75. The van der Waals surface area contributed by atoms with Gasteiger partial charge in [-0.2, -0.15) is 5.10 Å². The average molecular weight is 189 g/mol. The van der Waals surface area contributed by atoms with Crippen LogP contribution >= 0.6 is 0 Å². The van der Waals surface area contributed by atoms with Crippen LogP contribution in [0.15, 0.2) is 30.6 Å². The van der Waals surface area contributed by atoms with Crippen LogP contribution < -0.4 is 5.46 Å². The molecule has 1 aromatic heterocycles. The number of benzene rings is 1. The second-order valence-electron chi connectivity index (χ2n) is 2.83. The molecule has 0 bridgehead atoms. The summed E-state index contributed by atoms with van der Waals surface area (Å²) in [4.78, 5) is 3.97. The van der Waals surface area contributed by atoms with Crippen molar-refractivity contribution in [1.82, 2.24) is 15.2 Å². The molecule has 2 rings (SSSR count). The molecule has 0 amide bonds. The standard InChI is InChI=1S/C8H8BN3O2/c13-9(14)7-3-1-6(2-4-7)8-10-5-11-12-8/h1-5,13-14H,(H,10,11,12). The van der Waals surface area contributed by atoms with E-state index in [4.69, 9.17) is 10.0 Å². The Morgan fingerprint density at radius 2 is 1.86 bits per heavy atom. The van der Waals surface area contributed by atoms with E-state index in [-0.39, 0.29) is 0 Å². The maximum absolute atomic E-state index is 8.86. The molecule has 2 aromatic rings. The lowest BCUT2D eigenvalue weighted by Crippen LogP contribution is -2.29. The first-order chi connectivity index (χ1) is 6.77. The molecule has 70 valence electrons. The minimum Gasteiger partial charge on any atom is -0.423 e. The van der Waals surface area contributed by atoms with E-state index in [1.807, 2.05) is 0 Å². The van der Waals surface area contributed by atoms with E-state index in [1.54, 1.807) is 24.3 Å². The minimum atomic E-state index is -1.43. The Hall–Kier alpha value is -1.66. The van der Waals surface area contributed by atoms with Crippen molar-refractivity contribution in [2.45, 2.75) is 0 Å². The summed E-state index contributed by atoms with van der Waals surface area (Å²) >= 11 is 0. The van der Waals surface area contributed by atoms with E-state index in [0.29, 0.717) is 11.3 Å². The maximum Gasteiger partial charge on any atom is 0.488 e. The first-order valence-corrected chi connectivity index (χ1v) is 4.09. The van der Waals surface area contributed by atoms with Gasteiger partial charge in [0.25, 0.3) is 0 Å². The molecule has 0 unspecified atom stereocenters. The molecule has 5 nitrogen and oxygen atoms in total. The van der Waals surface area contributed by atoms with Crippen LogP contribution in [0.3, 0.4) is 0 Å². The highest BCUT2D eigenvalue weighted by Gasteiger charge is 2.10. The SMILES string of the molecule is OB(O)c1ccc(-c2ncn[nH]2)cc1. The molecule has 1 aromatic carbocycles. The second kappa shape index (κ2) is 3.61. The Balaban J connectivity index is 2.31. The van der Waals surface area contributed by atoms with Crippen molar-refractivity contribution < 1.29 is 10.0 Å². The molecule has 14 heavy (non-hydrogen) atoms. The third-order valence-electron chi connectivity index (χ3n) is 1.90. The highest BCUT2D eigenvalue weighted by atomic mass is 16.4. The highest BCUT2D eigenvalue weighted by Crippen LogP contribution is 2.10. The Bertz CT molecular complexity index is 399. The molecule has 0 aliphatic heterocycles. The highest BCUT2D eigenvalue weighted by molar-refractivity contribution is 6.58. The summed E-state index contributed by atoms with van der Waals surface area (Å²) < 4.78 is 0. The Morgan fingerprint density at radius 3 is 2.36 bits per heavy atom. The van der Waals surface area contributed by atoms with Crippen molar-refractivity contribution in [3.63, 3.8) is 0 Å². The molecule has 1 heterocycles. The summed E-state index contributed by atoms with van der Waals surface area (Å²) in [6.07, 6.45) is 1.42. The van der Waals surface area contributed by atoms with Crippen molar-refractivity contribution in [2.75, 3.05) is 0 Å². The van der Waals surface area contributed by atoms with Gasteiger partial charge in [-0.3, -0.25) is 5.10 Å². The number of aromatic nitrogens is 3. The van der Waals surface area contributed by atoms with Crippen LogP contribution in [0.5, 0.6) is 0 Å². The van der Waals surface area contributed by atoms with Gasteiger partial charge in [-0.25, -0.2) is 4.98 Å². The lowest BCUT2D eigenvalue weighted by Gasteiger charge is -1.99. The molecule has 0 fully saturated rings. The third kappa shape index (κ3) is 1.66. The van der Waals surface area contributed by atoms with Gasteiger partial charge in [0.2, 0.25) is 0 Å². The molecule has 0 atom stereocenters. The van der Waals surface area contributed by atoms with Crippen molar-refractivity contribution in [3.8, 4) is 11.4 Å². The zero-order valence-corrected chi connectivity index (χ0v) is 7.25.